The first-order valence-electron chi connectivity index (χ1n) is 5.77. The van der Waals surface area contributed by atoms with Crippen LogP contribution in [0.5, 0.6) is 5.75 Å². The van der Waals surface area contributed by atoms with E-state index in [-0.39, 0.29) is 11.5 Å². The van der Waals surface area contributed by atoms with E-state index in [4.69, 9.17) is 4.74 Å². The van der Waals surface area contributed by atoms with Crippen LogP contribution in [0.1, 0.15) is 11.3 Å². The van der Waals surface area contributed by atoms with Gasteiger partial charge in [-0.05, 0) is 35.0 Å². The molecule has 0 unspecified atom stereocenters. The Morgan fingerprint density at radius 2 is 2.14 bits per heavy atom. The van der Waals surface area contributed by atoms with Gasteiger partial charge in [0.05, 0.1) is 17.8 Å². The number of aryl methyl sites for hydroxylation is 1. The lowest BCUT2D eigenvalue weighted by Crippen LogP contribution is -2.15. The van der Waals surface area contributed by atoms with Crippen molar-refractivity contribution in [1.82, 2.24) is 15.2 Å². The van der Waals surface area contributed by atoms with Crippen LogP contribution < -0.4 is 15.7 Å². The second kappa shape index (κ2) is 6.81. The van der Waals surface area contributed by atoms with Crippen molar-refractivity contribution < 1.29 is 4.74 Å². The summed E-state index contributed by atoms with van der Waals surface area (Å²) in [7, 11) is 1.57. The van der Waals surface area contributed by atoms with E-state index in [9.17, 15) is 4.79 Å². The van der Waals surface area contributed by atoms with Gasteiger partial charge in [0.15, 0.2) is 0 Å². The van der Waals surface area contributed by atoms with Gasteiger partial charge in [-0.1, -0.05) is 15.9 Å². The normalized spacial score (nSPS) is 10.9. The average molecular weight is 417 g/mol. The number of H-pyrrole nitrogens is 1. The number of hydrazone groups is 1. The highest BCUT2D eigenvalue weighted by Crippen LogP contribution is 2.31. The van der Waals surface area contributed by atoms with Crippen molar-refractivity contribution in [3.05, 3.63) is 42.7 Å². The van der Waals surface area contributed by atoms with Crippen LogP contribution in [0.15, 0.2) is 31.0 Å². The first kappa shape index (κ1) is 15.6. The number of methoxy groups -OCH3 is 1. The molecule has 0 bridgehead atoms. The standard InChI is InChI=1S/C12H11Br2N5O2/c1-6-11(20)16-12(19-17-6)18-15-5-7-3-8(13)4-9(14)10(7)21-2/h3-5H,1-2H3,(H2,16,18,19,20)/b15-5+. The first-order chi connectivity index (χ1) is 10.0. The van der Waals surface area contributed by atoms with Crippen LogP contribution in [-0.4, -0.2) is 28.5 Å². The highest BCUT2D eigenvalue weighted by atomic mass is 79.9. The molecule has 0 aliphatic heterocycles. The Kier molecular flexibility index (Phi) is 5.07. The summed E-state index contributed by atoms with van der Waals surface area (Å²) in [5.74, 6) is 0.808. The van der Waals surface area contributed by atoms with Gasteiger partial charge in [0.1, 0.15) is 11.4 Å². The summed E-state index contributed by atoms with van der Waals surface area (Å²) < 4.78 is 6.97. The third-order valence-electron chi connectivity index (χ3n) is 2.48. The van der Waals surface area contributed by atoms with E-state index in [2.05, 4.69) is 57.6 Å². The average Bonchev–Trinajstić information content (AvgIpc) is 2.42. The van der Waals surface area contributed by atoms with E-state index in [1.165, 1.54) is 0 Å². The maximum absolute atomic E-state index is 11.4. The van der Waals surface area contributed by atoms with Crippen LogP contribution in [-0.2, 0) is 0 Å². The van der Waals surface area contributed by atoms with Crippen LogP contribution in [0, 0.1) is 6.92 Å². The topological polar surface area (TPSA) is 92.3 Å². The Morgan fingerprint density at radius 3 is 2.81 bits per heavy atom. The number of aromatic amines is 1. The maximum atomic E-state index is 11.4. The number of rotatable bonds is 4. The van der Waals surface area contributed by atoms with Crippen LogP contribution in [0.2, 0.25) is 0 Å². The van der Waals surface area contributed by atoms with Gasteiger partial charge in [0.2, 0.25) is 5.95 Å². The van der Waals surface area contributed by atoms with Crippen molar-refractivity contribution in [1.29, 1.82) is 0 Å². The molecule has 0 radical (unpaired) electrons. The Labute approximate surface area is 137 Å². The number of hydrogen-bond acceptors (Lipinski definition) is 6. The molecule has 0 spiro atoms. The van der Waals surface area contributed by atoms with E-state index in [1.807, 2.05) is 12.1 Å². The zero-order valence-corrected chi connectivity index (χ0v) is 14.3. The molecule has 0 fully saturated rings. The minimum absolute atomic E-state index is 0.162. The number of anilines is 1. The molecule has 2 rings (SSSR count). The number of nitrogens with one attached hydrogen (secondary N) is 2. The first-order valence-corrected chi connectivity index (χ1v) is 7.35. The largest absolute Gasteiger partial charge is 0.495 e. The third-order valence-corrected chi connectivity index (χ3v) is 3.52. The Bertz CT molecular complexity index is 745. The summed E-state index contributed by atoms with van der Waals surface area (Å²) in [6.07, 6.45) is 1.55. The van der Waals surface area contributed by atoms with Gasteiger partial charge in [-0.2, -0.15) is 5.10 Å². The molecule has 1 heterocycles. The van der Waals surface area contributed by atoms with Crippen molar-refractivity contribution in [3.63, 3.8) is 0 Å². The highest BCUT2D eigenvalue weighted by molar-refractivity contribution is 9.11. The van der Waals surface area contributed by atoms with Crippen molar-refractivity contribution in [2.75, 3.05) is 12.5 Å². The number of hydrogen-bond donors (Lipinski definition) is 2. The Hall–Kier alpha value is -1.74. The van der Waals surface area contributed by atoms with Gasteiger partial charge in [-0.3, -0.25) is 9.78 Å². The second-order valence-electron chi connectivity index (χ2n) is 3.97. The van der Waals surface area contributed by atoms with Crippen molar-refractivity contribution in [2.24, 2.45) is 5.10 Å². The summed E-state index contributed by atoms with van der Waals surface area (Å²) in [5.41, 5.74) is 3.33. The summed E-state index contributed by atoms with van der Waals surface area (Å²) in [6.45, 7) is 1.57. The van der Waals surface area contributed by atoms with Crippen LogP contribution >= 0.6 is 31.9 Å². The van der Waals surface area contributed by atoms with Gasteiger partial charge in [-0.15, -0.1) is 10.2 Å². The molecule has 21 heavy (non-hydrogen) atoms. The van der Waals surface area contributed by atoms with Crippen molar-refractivity contribution in [2.45, 2.75) is 6.92 Å². The zero-order valence-electron chi connectivity index (χ0n) is 11.1. The van der Waals surface area contributed by atoms with Gasteiger partial charge in [0, 0.05) is 10.0 Å². The molecule has 7 nitrogen and oxygen atoms in total. The smallest absolute Gasteiger partial charge is 0.274 e. The lowest BCUT2D eigenvalue weighted by atomic mass is 10.2. The lowest BCUT2D eigenvalue weighted by molar-refractivity contribution is 0.411. The summed E-state index contributed by atoms with van der Waals surface area (Å²) in [4.78, 5) is 13.9. The summed E-state index contributed by atoms with van der Waals surface area (Å²) >= 11 is 6.80. The predicted molar refractivity (Wildman–Crippen MR) is 87.0 cm³/mol. The fraction of sp³-hybridized carbons (Fsp3) is 0.167. The van der Waals surface area contributed by atoms with Crippen LogP contribution in [0.25, 0.3) is 0 Å². The Morgan fingerprint density at radius 1 is 1.38 bits per heavy atom. The summed E-state index contributed by atoms with van der Waals surface area (Å²) in [6, 6.07) is 3.71. The van der Waals surface area contributed by atoms with Gasteiger partial charge in [0.25, 0.3) is 5.56 Å². The zero-order chi connectivity index (χ0) is 15.4. The number of aromatic nitrogens is 3. The molecule has 110 valence electrons. The van der Waals surface area contributed by atoms with Gasteiger partial charge in [-0.25, -0.2) is 5.43 Å². The quantitative estimate of drug-likeness (QED) is 0.589. The predicted octanol–water partition coefficient (Wildman–Crippen LogP) is 2.45. The molecule has 0 atom stereocenters. The highest BCUT2D eigenvalue weighted by Gasteiger charge is 2.07. The molecule has 9 heteroatoms. The van der Waals surface area contributed by atoms with Crippen molar-refractivity contribution >= 4 is 44.0 Å². The number of halogens is 2. The molecule has 1 aromatic carbocycles. The molecule has 0 saturated carbocycles. The van der Waals surface area contributed by atoms with Gasteiger partial charge >= 0.3 is 0 Å². The number of benzene rings is 1. The summed E-state index contributed by atoms with van der Waals surface area (Å²) in [5, 5.41) is 11.5. The van der Waals surface area contributed by atoms with E-state index >= 15 is 0 Å². The molecule has 0 amide bonds. The Balaban J connectivity index is 2.21. The molecule has 0 saturated heterocycles. The SMILES string of the molecule is COc1c(Br)cc(Br)cc1/C=N/Nc1nnc(C)c(=O)[nH]1. The second-order valence-corrected chi connectivity index (χ2v) is 5.74. The van der Waals surface area contributed by atoms with Gasteiger partial charge < -0.3 is 4.74 Å². The van der Waals surface area contributed by atoms with Crippen LogP contribution in [0.4, 0.5) is 5.95 Å². The number of nitrogens with zero attached hydrogens (tertiary/aromatic N) is 3. The van der Waals surface area contributed by atoms with E-state index < -0.39 is 0 Å². The minimum atomic E-state index is -0.314. The molecule has 0 aliphatic rings. The van der Waals surface area contributed by atoms with E-state index in [0.29, 0.717) is 11.4 Å². The molecular formula is C12H11Br2N5O2. The fourth-order valence-corrected chi connectivity index (χ4v) is 2.92. The van der Waals surface area contributed by atoms with E-state index in [0.717, 1.165) is 14.5 Å². The third kappa shape index (κ3) is 3.88. The molecular weight excluding hydrogens is 406 g/mol. The molecule has 0 aliphatic carbocycles. The fourth-order valence-electron chi connectivity index (χ4n) is 1.50. The van der Waals surface area contributed by atoms with E-state index in [1.54, 1.807) is 20.2 Å². The molecule has 1 aromatic heterocycles. The van der Waals surface area contributed by atoms with Crippen LogP contribution in [0.3, 0.4) is 0 Å². The maximum Gasteiger partial charge on any atom is 0.274 e. The molecule has 2 aromatic rings. The lowest BCUT2D eigenvalue weighted by Gasteiger charge is -2.07. The monoisotopic (exact) mass is 415 g/mol. The van der Waals surface area contributed by atoms with Crippen molar-refractivity contribution in [3.8, 4) is 5.75 Å². The minimum Gasteiger partial charge on any atom is -0.495 e. The number of ether oxygens (including phenoxy) is 1. The molecule has 2 N–H and O–H groups in total.